The molecule has 7 nitrogen and oxygen atoms in total. The lowest BCUT2D eigenvalue weighted by molar-refractivity contribution is -0.122. The fourth-order valence-corrected chi connectivity index (χ4v) is 2.68. The SMILES string of the molecule is Cc1cc(CN2CCN(CC(=O)NCc3ccco3)CC2)no1. The van der Waals surface area contributed by atoms with E-state index in [4.69, 9.17) is 8.94 Å². The van der Waals surface area contributed by atoms with Crippen molar-refractivity contribution in [2.24, 2.45) is 0 Å². The lowest BCUT2D eigenvalue weighted by atomic mass is 10.2. The highest BCUT2D eigenvalue weighted by Gasteiger charge is 2.19. The number of nitrogens with one attached hydrogen (secondary N) is 1. The van der Waals surface area contributed by atoms with Crippen molar-refractivity contribution in [1.82, 2.24) is 20.3 Å². The molecule has 0 radical (unpaired) electrons. The number of piperazine rings is 1. The standard InChI is InChI=1S/C16H22N4O3/c1-13-9-14(18-23-13)11-19-4-6-20(7-5-19)12-16(21)17-10-15-3-2-8-22-15/h2-3,8-9H,4-7,10-12H2,1H3,(H,17,21). The summed E-state index contributed by atoms with van der Waals surface area (Å²) in [6, 6.07) is 5.64. The molecule has 0 bridgehead atoms. The Morgan fingerprint density at radius 1 is 1.30 bits per heavy atom. The van der Waals surface area contributed by atoms with Gasteiger partial charge in [0.1, 0.15) is 11.5 Å². The number of hydrogen-bond acceptors (Lipinski definition) is 6. The number of aromatic nitrogens is 1. The molecule has 0 unspecified atom stereocenters. The van der Waals surface area contributed by atoms with Crippen molar-refractivity contribution >= 4 is 5.91 Å². The second kappa shape index (κ2) is 7.43. The van der Waals surface area contributed by atoms with Crippen LogP contribution in [0.2, 0.25) is 0 Å². The predicted molar refractivity (Wildman–Crippen MR) is 83.5 cm³/mol. The van der Waals surface area contributed by atoms with Gasteiger partial charge >= 0.3 is 0 Å². The van der Waals surface area contributed by atoms with Gasteiger partial charge in [0, 0.05) is 38.8 Å². The molecule has 1 fully saturated rings. The first-order valence-electron chi connectivity index (χ1n) is 7.85. The molecule has 1 N–H and O–H groups in total. The average Bonchev–Trinajstić information content (AvgIpc) is 3.19. The molecule has 1 aliphatic heterocycles. The average molecular weight is 318 g/mol. The largest absolute Gasteiger partial charge is 0.467 e. The van der Waals surface area contributed by atoms with E-state index in [-0.39, 0.29) is 5.91 Å². The molecule has 0 spiro atoms. The molecule has 23 heavy (non-hydrogen) atoms. The van der Waals surface area contributed by atoms with Crippen molar-refractivity contribution in [2.75, 3.05) is 32.7 Å². The van der Waals surface area contributed by atoms with Crippen LogP contribution in [0, 0.1) is 6.92 Å². The normalized spacial score (nSPS) is 16.6. The third-order valence-corrected chi connectivity index (χ3v) is 3.93. The third-order valence-electron chi connectivity index (χ3n) is 3.93. The smallest absolute Gasteiger partial charge is 0.234 e. The lowest BCUT2D eigenvalue weighted by Crippen LogP contribution is -2.49. The van der Waals surface area contributed by atoms with Gasteiger partial charge < -0.3 is 14.3 Å². The fraction of sp³-hybridized carbons (Fsp3) is 0.500. The second-order valence-electron chi connectivity index (χ2n) is 5.84. The Hall–Kier alpha value is -2.12. The minimum Gasteiger partial charge on any atom is -0.467 e. The van der Waals surface area contributed by atoms with E-state index in [1.807, 2.05) is 25.1 Å². The van der Waals surface area contributed by atoms with E-state index in [1.165, 1.54) is 0 Å². The molecular weight excluding hydrogens is 296 g/mol. The number of carbonyl (C=O) groups is 1. The lowest BCUT2D eigenvalue weighted by Gasteiger charge is -2.33. The summed E-state index contributed by atoms with van der Waals surface area (Å²) in [5.74, 6) is 1.64. The van der Waals surface area contributed by atoms with E-state index in [0.29, 0.717) is 13.1 Å². The minimum atomic E-state index is 0.0296. The van der Waals surface area contributed by atoms with Crippen LogP contribution in [0.1, 0.15) is 17.2 Å². The molecular formula is C16H22N4O3. The Morgan fingerprint density at radius 2 is 2.09 bits per heavy atom. The minimum absolute atomic E-state index is 0.0296. The molecule has 3 heterocycles. The summed E-state index contributed by atoms with van der Waals surface area (Å²) in [6.45, 7) is 7.19. The molecule has 1 amide bonds. The Kier molecular flexibility index (Phi) is 5.09. The van der Waals surface area contributed by atoms with Crippen LogP contribution in [-0.4, -0.2) is 53.6 Å². The highest BCUT2D eigenvalue weighted by atomic mass is 16.5. The molecule has 3 rings (SSSR count). The number of hydrogen-bond donors (Lipinski definition) is 1. The van der Waals surface area contributed by atoms with Crippen LogP contribution in [0.3, 0.4) is 0 Å². The summed E-state index contributed by atoms with van der Waals surface area (Å²) in [5.41, 5.74) is 0.965. The molecule has 1 saturated heterocycles. The summed E-state index contributed by atoms with van der Waals surface area (Å²) >= 11 is 0. The first-order valence-corrected chi connectivity index (χ1v) is 7.85. The molecule has 1 aliphatic rings. The van der Waals surface area contributed by atoms with E-state index in [9.17, 15) is 4.79 Å². The molecule has 124 valence electrons. The zero-order valence-electron chi connectivity index (χ0n) is 13.3. The van der Waals surface area contributed by atoms with Gasteiger partial charge in [-0.25, -0.2) is 0 Å². The number of nitrogens with zero attached hydrogens (tertiary/aromatic N) is 3. The monoisotopic (exact) mass is 318 g/mol. The van der Waals surface area contributed by atoms with Crippen LogP contribution in [-0.2, 0) is 17.9 Å². The van der Waals surface area contributed by atoms with Crippen molar-refractivity contribution in [2.45, 2.75) is 20.0 Å². The van der Waals surface area contributed by atoms with Crippen molar-refractivity contribution in [3.05, 3.63) is 41.7 Å². The molecule has 0 atom stereocenters. The van der Waals surface area contributed by atoms with Gasteiger partial charge in [-0.15, -0.1) is 0 Å². The quantitative estimate of drug-likeness (QED) is 0.857. The van der Waals surface area contributed by atoms with E-state index in [0.717, 1.165) is 49.9 Å². The van der Waals surface area contributed by atoms with Gasteiger partial charge in [-0.2, -0.15) is 0 Å². The summed E-state index contributed by atoms with van der Waals surface area (Å²) in [6.07, 6.45) is 1.61. The van der Waals surface area contributed by atoms with E-state index in [2.05, 4.69) is 20.3 Å². The van der Waals surface area contributed by atoms with Gasteiger partial charge in [0.15, 0.2) is 0 Å². The van der Waals surface area contributed by atoms with Crippen molar-refractivity contribution in [1.29, 1.82) is 0 Å². The van der Waals surface area contributed by atoms with Gasteiger partial charge in [0.05, 0.1) is 25.0 Å². The van der Waals surface area contributed by atoms with Crippen molar-refractivity contribution < 1.29 is 13.7 Å². The summed E-state index contributed by atoms with van der Waals surface area (Å²) < 4.78 is 10.3. The number of furan rings is 1. The number of rotatable bonds is 6. The van der Waals surface area contributed by atoms with Gasteiger partial charge in [0.2, 0.25) is 5.91 Å². The maximum absolute atomic E-state index is 12.0. The van der Waals surface area contributed by atoms with Crippen LogP contribution >= 0.6 is 0 Å². The molecule has 0 saturated carbocycles. The summed E-state index contributed by atoms with van der Waals surface area (Å²) in [5, 5.41) is 6.90. The molecule has 2 aromatic heterocycles. The number of aryl methyl sites for hydroxylation is 1. The number of amides is 1. The molecule has 0 aromatic carbocycles. The predicted octanol–water partition coefficient (Wildman–Crippen LogP) is 1.01. The molecule has 7 heteroatoms. The maximum Gasteiger partial charge on any atom is 0.234 e. The first kappa shape index (κ1) is 15.8. The second-order valence-corrected chi connectivity index (χ2v) is 5.84. The molecule has 2 aromatic rings. The van der Waals surface area contributed by atoms with Crippen LogP contribution in [0.4, 0.5) is 0 Å². The first-order chi connectivity index (χ1) is 11.2. The van der Waals surface area contributed by atoms with Crippen molar-refractivity contribution in [3.8, 4) is 0 Å². The van der Waals surface area contributed by atoms with E-state index in [1.54, 1.807) is 6.26 Å². The van der Waals surface area contributed by atoms with Crippen molar-refractivity contribution in [3.63, 3.8) is 0 Å². The highest BCUT2D eigenvalue weighted by Crippen LogP contribution is 2.09. The van der Waals surface area contributed by atoms with Gasteiger partial charge in [-0.05, 0) is 19.1 Å². The van der Waals surface area contributed by atoms with Gasteiger partial charge in [-0.3, -0.25) is 14.6 Å². The van der Waals surface area contributed by atoms with Gasteiger partial charge in [0.25, 0.3) is 0 Å². The fourth-order valence-electron chi connectivity index (χ4n) is 2.68. The molecule has 0 aliphatic carbocycles. The maximum atomic E-state index is 12.0. The van der Waals surface area contributed by atoms with Crippen LogP contribution in [0.5, 0.6) is 0 Å². The van der Waals surface area contributed by atoms with Gasteiger partial charge in [-0.1, -0.05) is 5.16 Å². The zero-order chi connectivity index (χ0) is 16.1. The summed E-state index contributed by atoms with van der Waals surface area (Å²) in [7, 11) is 0. The third kappa shape index (κ3) is 4.67. The van der Waals surface area contributed by atoms with Crippen LogP contribution < -0.4 is 5.32 Å². The Morgan fingerprint density at radius 3 is 2.74 bits per heavy atom. The Bertz CT molecular complexity index is 615. The van der Waals surface area contributed by atoms with Crippen LogP contribution in [0.15, 0.2) is 33.4 Å². The highest BCUT2D eigenvalue weighted by molar-refractivity contribution is 5.77. The zero-order valence-corrected chi connectivity index (χ0v) is 13.3. The van der Waals surface area contributed by atoms with Crippen LogP contribution in [0.25, 0.3) is 0 Å². The Labute approximate surface area is 135 Å². The van der Waals surface area contributed by atoms with E-state index < -0.39 is 0 Å². The van der Waals surface area contributed by atoms with E-state index >= 15 is 0 Å². The Balaban J connectivity index is 1.36. The number of carbonyl (C=O) groups excluding carboxylic acids is 1. The topological polar surface area (TPSA) is 74.8 Å². The summed E-state index contributed by atoms with van der Waals surface area (Å²) in [4.78, 5) is 16.4.